The van der Waals surface area contributed by atoms with Gasteiger partial charge in [-0.15, -0.1) is 0 Å². The van der Waals surface area contributed by atoms with Gasteiger partial charge in [0.05, 0.1) is 6.04 Å². The van der Waals surface area contributed by atoms with E-state index in [9.17, 15) is 4.79 Å². The van der Waals surface area contributed by atoms with Crippen LogP contribution in [0.2, 0.25) is 0 Å². The third kappa shape index (κ3) is 1.85. The van der Waals surface area contributed by atoms with Crippen LogP contribution in [0.3, 0.4) is 0 Å². The highest BCUT2D eigenvalue weighted by Crippen LogP contribution is 2.15. The highest BCUT2D eigenvalue weighted by Gasteiger charge is 2.29. The van der Waals surface area contributed by atoms with Gasteiger partial charge in [-0.3, -0.25) is 9.69 Å². The predicted octanol–water partition coefficient (Wildman–Crippen LogP) is 1.50. The maximum Gasteiger partial charge on any atom is 0.151 e. The topological polar surface area (TPSA) is 20.3 Å². The smallest absolute Gasteiger partial charge is 0.151 e. The van der Waals surface area contributed by atoms with Gasteiger partial charge in [-0.2, -0.15) is 0 Å². The molecule has 0 unspecified atom stereocenters. The number of likely N-dealkylation sites (N-methyl/N-ethyl adjacent to an activating group) is 1. The van der Waals surface area contributed by atoms with Gasteiger partial charge in [0.2, 0.25) is 0 Å². The summed E-state index contributed by atoms with van der Waals surface area (Å²) in [6.07, 6.45) is 1.57. The van der Waals surface area contributed by atoms with E-state index in [0.29, 0.717) is 12.2 Å². The van der Waals surface area contributed by atoms with E-state index in [-0.39, 0.29) is 6.04 Å². The zero-order valence-electron chi connectivity index (χ0n) is 8.44. The summed E-state index contributed by atoms with van der Waals surface area (Å²) < 4.78 is 0. The molecule has 0 radical (unpaired) electrons. The summed E-state index contributed by atoms with van der Waals surface area (Å²) in [6, 6.07) is 10.3. The van der Waals surface area contributed by atoms with Crippen LogP contribution in [0.1, 0.15) is 12.0 Å². The highest BCUT2D eigenvalue weighted by molar-refractivity contribution is 5.86. The quantitative estimate of drug-likeness (QED) is 0.702. The van der Waals surface area contributed by atoms with Crippen LogP contribution in [0.5, 0.6) is 0 Å². The Kier molecular flexibility index (Phi) is 2.64. The molecule has 0 saturated carbocycles. The SMILES string of the molecule is CN1CCC(=O)[C@@H]1Cc1ccccc1. The molecule has 0 N–H and O–H groups in total. The number of hydrogen-bond acceptors (Lipinski definition) is 2. The average Bonchev–Trinajstić information content (AvgIpc) is 2.51. The van der Waals surface area contributed by atoms with E-state index in [1.54, 1.807) is 0 Å². The largest absolute Gasteiger partial charge is 0.298 e. The first-order valence-electron chi connectivity index (χ1n) is 5.04. The summed E-state index contributed by atoms with van der Waals surface area (Å²) in [5.74, 6) is 0.386. The molecular formula is C12H15NO. The molecule has 1 aromatic carbocycles. The van der Waals surface area contributed by atoms with Crippen LogP contribution in [-0.4, -0.2) is 30.3 Å². The van der Waals surface area contributed by atoms with Gasteiger partial charge >= 0.3 is 0 Å². The Balaban J connectivity index is 2.07. The van der Waals surface area contributed by atoms with Gasteiger partial charge in [0.25, 0.3) is 0 Å². The van der Waals surface area contributed by atoms with Gasteiger partial charge < -0.3 is 0 Å². The monoisotopic (exact) mass is 189 g/mol. The number of likely N-dealkylation sites (tertiary alicyclic amines) is 1. The van der Waals surface area contributed by atoms with Crippen molar-refractivity contribution in [2.75, 3.05) is 13.6 Å². The molecule has 0 spiro atoms. The molecule has 2 heteroatoms. The molecule has 74 valence electrons. The van der Waals surface area contributed by atoms with Crippen molar-refractivity contribution >= 4 is 5.78 Å². The van der Waals surface area contributed by atoms with Gasteiger partial charge in [-0.05, 0) is 19.0 Å². The molecule has 2 rings (SSSR count). The minimum absolute atomic E-state index is 0.109. The van der Waals surface area contributed by atoms with Crippen molar-refractivity contribution in [3.63, 3.8) is 0 Å². The van der Waals surface area contributed by atoms with Crippen molar-refractivity contribution in [2.45, 2.75) is 18.9 Å². The highest BCUT2D eigenvalue weighted by atomic mass is 16.1. The Morgan fingerprint density at radius 1 is 1.36 bits per heavy atom. The molecule has 1 atom stereocenters. The summed E-state index contributed by atoms with van der Waals surface area (Å²) in [5, 5.41) is 0. The first-order valence-corrected chi connectivity index (χ1v) is 5.04. The maximum absolute atomic E-state index is 11.5. The molecule has 0 bridgehead atoms. The fraction of sp³-hybridized carbons (Fsp3) is 0.417. The third-order valence-electron chi connectivity index (χ3n) is 2.89. The van der Waals surface area contributed by atoms with Crippen LogP contribution >= 0.6 is 0 Å². The normalized spacial score (nSPS) is 22.9. The van der Waals surface area contributed by atoms with Crippen LogP contribution in [0, 0.1) is 0 Å². The van der Waals surface area contributed by atoms with Gasteiger partial charge in [0, 0.05) is 13.0 Å². The number of carbonyl (C=O) groups excluding carboxylic acids is 1. The number of carbonyl (C=O) groups is 1. The second kappa shape index (κ2) is 3.93. The molecule has 1 saturated heterocycles. The van der Waals surface area contributed by atoms with E-state index in [4.69, 9.17) is 0 Å². The van der Waals surface area contributed by atoms with E-state index in [1.807, 2.05) is 25.2 Å². The van der Waals surface area contributed by atoms with Crippen LogP contribution in [0.25, 0.3) is 0 Å². The number of rotatable bonds is 2. The van der Waals surface area contributed by atoms with Crippen LogP contribution < -0.4 is 0 Å². The number of ketones is 1. The molecule has 1 aromatic rings. The third-order valence-corrected chi connectivity index (χ3v) is 2.89. The number of Topliss-reactive ketones (excluding diaryl/α,β-unsaturated/α-hetero) is 1. The molecular weight excluding hydrogens is 174 g/mol. The van der Waals surface area contributed by atoms with Gasteiger partial charge in [0.1, 0.15) is 0 Å². The number of hydrogen-bond donors (Lipinski definition) is 0. The van der Waals surface area contributed by atoms with Crippen molar-refractivity contribution < 1.29 is 4.79 Å². The number of nitrogens with zero attached hydrogens (tertiary/aromatic N) is 1. The molecule has 1 aliphatic heterocycles. The fourth-order valence-electron chi connectivity index (χ4n) is 1.96. The van der Waals surface area contributed by atoms with Crippen molar-refractivity contribution in [1.29, 1.82) is 0 Å². The lowest BCUT2D eigenvalue weighted by atomic mass is 10.0. The molecule has 1 heterocycles. The summed E-state index contributed by atoms with van der Waals surface area (Å²) in [6.45, 7) is 0.913. The lowest BCUT2D eigenvalue weighted by molar-refractivity contribution is -0.119. The Labute approximate surface area is 84.5 Å². The van der Waals surface area contributed by atoms with Gasteiger partial charge in [-0.1, -0.05) is 30.3 Å². The van der Waals surface area contributed by atoms with Crippen molar-refractivity contribution in [1.82, 2.24) is 4.90 Å². The molecule has 0 amide bonds. The molecule has 2 nitrogen and oxygen atoms in total. The standard InChI is InChI=1S/C12H15NO/c1-13-8-7-12(14)11(13)9-10-5-3-2-4-6-10/h2-6,11H,7-9H2,1H3/t11-/m0/s1. The maximum atomic E-state index is 11.5. The zero-order chi connectivity index (χ0) is 9.97. The van der Waals surface area contributed by atoms with Crippen LogP contribution in [-0.2, 0) is 11.2 Å². The lowest BCUT2D eigenvalue weighted by Gasteiger charge is -2.17. The van der Waals surface area contributed by atoms with E-state index in [1.165, 1.54) is 5.56 Å². The Bertz CT molecular complexity index is 320. The summed E-state index contributed by atoms with van der Waals surface area (Å²) in [4.78, 5) is 13.7. The Morgan fingerprint density at radius 3 is 2.64 bits per heavy atom. The molecule has 1 fully saturated rings. The second-order valence-corrected chi connectivity index (χ2v) is 3.90. The molecule has 0 aromatic heterocycles. The Morgan fingerprint density at radius 2 is 2.07 bits per heavy atom. The van der Waals surface area contributed by atoms with E-state index in [0.717, 1.165) is 13.0 Å². The van der Waals surface area contributed by atoms with E-state index in [2.05, 4.69) is 17.0 Å². The van der Waals surface area contributed by atoms with Crippen LogP contribution in [0.4, 0.5) is 0 Å². The van der Waals surface area contributed by atoms with Gasteiger partial charge in [-0.25, -0.2) is 0 Å². The number of benzene rings is 1. The van der Waals surface area contributed by atoms with Crippen LogP contribution in [0.15, 0.2) is 30.3 Å². The summed E-state index contributed by atoms with van der Waals surface area (Å²) in [7, 11) is 2.03. The first kappa shape index (κ1) is 9.41. The average molecular weight is 189 g/mol. The predicted molar refractivity (Wildman–Crippen MR) is 56.2 cm³/mol. The molecule has 14 heavy (non-hydrogen) atoms. The summed E-state index contributed by atoms with van der Waals surface area (Å²) in [5.41, 5.74) is 1.25. The zero-order valence-corrected chi connectivity index (χ0v) is 8.44. The van der Waals surface area contributed by atoms with Crippen molar-refractivity contribution in [3.8, 4) is 0 Å². The van der Waals surface area contributed by atoms with E-state index < -0.39 is 0 Å². The molecule has 0 aliphatic carbocycles. The first-order chi connectivity index (χ1) is 6.77. The van der Waals surface area contributed by atoms with E-state index >= 15 is 0 Å². The van der Waals surface area contributed by atoms with Crippen molar-refractivity contribution in [3.05, 3.63) is 35.9 Å². The van der Waals surface area contributed by atoms with Gasteiger partial charge in [0.15, 0.2) is 5.78 Å². The summed E-state index contributed by atoms with van der Waals surface area (Å²) >= 11 is 0. The fourth-order valence-corrected chi connectivity index (χ4v) is 1.96. The molecule has 1 aliphatic rings. The van der Waals surface area contributed by atoms with Crippen molar-refractivity contribution in [2.24, 2.45) is 0 Å². The Hall–Kier alpha value is -1.15. The minimum Gasteiger partial charge on any atom is -0.298 e. The lowest BCUT2D eigenvalue weighted by Crippen LogP contribution is -2.31. The minimum atomic E-state index is 0.109. The second-order valence-electron chi connectivity index (χ2n) is 3.90.